The Morgan fingerprint density at radius 2 is 0.706 bits per heavy atom. The fourth-order valence-corrected chi connectivity index (χ4v) is 11.5. The maximum absolute atomic E-state index is 13.1. The summed E-state index contributed by atoms with van der Waals surface area (Å²) >= 11 is 0. The van der Waals surface area contributed by atoms with E-state index in [0.717, 1.165) is 57.8 Å². The molecule has 0 saturated carbocycles. The van der Waals surface area contributed by atoms with E-state index in [1.165, 1.54) is 270 Å². The lowest BCUT2D eigenvalue weighted by molar-refractivity contribution is -0.302. The molecular weight excluding hydrogens is 1050 g/mol. The van der Waals surface area contributed by atoms with Crippen molar-refractivity contribution in [3.05, 3.63) is 72.9 Å². The summed E-state index contributed by atoms with van der Waals surface area (Å²) in [6.07, 6.45) is 84.5. The number of amides is 1. The molecule has 7 unspecified atom stereocenters. The van der Waals surface area contributed by atoms with Gasteiger partial charge in [-0.2, -0.15) is 0 Å². The van der Waals surface area contributed by atoms with E-state index >= 15 is 0 Å². The minimum absolute atomic E-state index is 0.187. The molecule has 6 N–H and O–H groups in total. The van der Waals surface area contributed by atoms with Crippen LogP contribution in [0.15, 0.2) is 72.9 Å². The van der Waals surface area contributed by atoms with E-state index in [2.05, 4.69) is 79.9 Å². The lowest BCUT2D eigenvalue weighted by Crippen LogP contribution is -2.60. The summed E-state index contributed by atoms with van der Waals surface area (Å²) in [5, 5.41) is 54.8. The van der Waals surface area contributed by atoms with E-state index in [-0.39, 0.29) is 12.5 Å². The number of carbonyl (C=O) groups excluding carboxylic acids is 1. The molecule has 9 heteroatoms. The SMILES string of the molecule is CCCCCCC/C=C\C/C=C\C/C=C\CCCCCCCCCCCCCCCCCCCCC(=O)NC(COC1OC(CO)C(O)C(O)C1O)C(O)/C=C/CC/C=C/CC/C=C/CCCCCCCCCCCCCCCCCCCCC. The van der Waals surface area contributed by atoms with Gasteiger partial charge in [0.2, 0.25) is 5.91 Å². The van der Waals surface area contributed by atoms with Crippen LogP contribution in [0.4, 0.5) is 0 Å². The summed E-state index contributed by atoms with van der Waals surface area (Å²) in [4.78, 5) is 13.1. The molecule has 1 amide bonds. The average Bonchev–Trinajstić information content (AvgIpc) is 3.68. The van der Waals surface area contributed by atoms with Crippen LogP contribution in [0.5, 0.6) is 0 Å². The predicted molar refractivity (Wildman–Crippen MR) is 364 cm³/mol. The topological polar surface area (TPSA) is 149 Å². The first-order valence-electron chi connectivity index (χ1n) is 36.7. The summed E-state index contributed by atoms with van der Waals surface area (Å²) in [7, 11) is 0. The third-order valence-electron chi connectivity index (χ3n) is 17.2. The highest BCUT2D eigenvalue weighted by Gasteiger charge is 2.44. The first-order chi connectivity index (χ1) is 41.8. The lowest BCUT2D eigenvalue weighted by Gasteiger charge is -2.40. The van der Waals surface area contributed by atoms with Crippen molar-refractivity contribution in [1.82, 2.24) is 5.32 Å². The molecule has 0 aromatic heterocycles. The Morgan fingerprint density at radius 3 is 1.07 bits per heavy atom. The van der Waals surface area contributed by atoms with Gasteiger partial charge in [0.1, 0.15) is 24.4 Å². The number of aliphatic hydroxyl groups excluding tert-OH is 5. The van der Waals surface area contributed by atoms with Gasteiger partial charge in [-0.15, -0.1) is 0 Å². The Kier molecular flexibility index (Phi) is 61.3. The minimum atomic E-state index is -1.58. The lowest BCUT2D eigenvalue weighted by atomic mass is 9.99. The highest BCUT2D eigenvalue weighted by molar-refractivity contribution is 5.76. The molecule has 1 rings (SSSR count). The molecule has 0 aromatic carbocycles. The maximum atomic E-state index is 13.1. The van der Waals surface area contributed by atoms with Crippen LogP contribution in [-0.2, 0) is 14.3 Å². The van der Waals surface area contributed by atoms with Crippen molar-refractivity contribution < 1.29 is 39.8 Å². The van der Waals surface area contributed by atoms with Crippen molar-refractivity contribution in [2.45, 2.75) is 391 Å². The number of nitrogens with one attached hydrogen (secondary N) is 1. The fraction of sp³-hybridized carbons (Fsp3) is 0.829. The van der Waals surface area contributed by atoms with Gasteiger partial charge in [0.05, 0.1) is 25.4 Å². The second-order valence-corrected chi connectivity index (χ2v) is 25.4. The molecule has 0 aliphatic carbocycles. The van der Waals surface area contributed by atoms with Crippen LogP contribution >= 0.6 is 0 Å². The first kappa shape index (κ1) is 80.6. The van der Waals surface area contributed by atoms with Crippen LogP contribution < -0.4 is 5.32 Å². The molecule has 1 fully saturated rings. The average molecular weight is 1190 g/mol. The smallest absolute Gasteiger partial charge is 0.220 e. The zero-order chi connectivity index (χ0) is 61.4. The van der Waals surface area contributed by atoms with Crippen LogP contribution in [-0.4, -0.2) is 87.5 Å². The van der Waals surface area contributed by atoms with E-state index in [9.17, 15) is 30.3 Å². The van der Waals surface area contributed by atoms with Gasteiger partial charge in [-0.1, -0.05) is 331 Å². The number of ether oxygens (including phenoxy) is 2. The molecule has 7 atom stereocenters. The third-order valence-corrected chi connectivity index (χ3v) is 17.2. The van der Waals surface area contributed by atoms with Gasteiger partial charge in [-0.25, -0.2) is 0 Å². The van der Waals surface area contributed by atoms with Crippen molar-refractivity contribution in [3.63, 3.8) is 0 Å². The van der Waals surface area contributed by atoms with Gasteiger partial charge in [0, 0.05) is 6.42 Å². The van der Waals surface area contributed by atoms with Gasteiger partial charge < -0.3 is 40.3 Å². The third kappa shape index (κ3) is 53.2. The monoisotopic (exact) mass is 1190 g/mol. The molecule has 1 heterocycles. The van der Waals surface area contributed by atoms with Gasteiger partial charge in [0.25, 0.3) is 0 Å². The quantitative estimate of drug-likeness (QED) is 0.0261. The number of unbranched alkanes of at least 4 members (excludes halogenated alkanes) is 44. The van der Waals surface area contributed by atoms with Crippen LogP contribution in [0.3, 0.4) is 0 Å². The molecule has 1 aliphatic rings. The van der Waals surface area contributed by atoms with Crippen LogP contribution in [0, 0.1) is 0 Å². The van der Waals surface area contributed by atoms with E-state index in [1.54, 1.807) is 6.08 Å². The molecule has 1 saturated heterocycles. The van der Waals surface area contributed by atoms with E-state index in [1.807, 2.05) is 6.08 Å². The van der Waals surface area contributed by atoms with Crippen molar-refractivity contribution >= 4 is 5.91 Å². The second-order valence-electron chi connectivity index (χ2n) is 25.4. The summed E-state index contributed by atoms with van der Waals surface area (Å²) in [6.45, 7) is 3.79. The van der Waals surface area contributed by atoms with Crippen molar-refractivity contribution in [3.8, 4) is 0 Å². The van der Waals surface area contributed by atoms with Gasteiger partial charge in [-0.3, -0.25) is 4.79 Å². The van der Waals surface area contributed by atoms with E-state index in [0.29, 0.717) is 6.42 Å². The largest absolute Gasteiger partial charge is 0.394 e. The highest BCUT2D eigenvalue weighted by Crippen LogP contribution is 2.23. The fourth-order valence-electron chi connectivity index (χ4n) is 11.5. The first-order valence-corrected chi connectivity index (χ1v) is 36.7. The summed E-state index contributed by atoms with van der Waals surface area (Å²) < 4.78 is 11.3. The second kappa shape index (κ2) is 64.6. The standard InChI is InChI=1S/C76H139NO8/c1-3-5-7-9-11-13-15-17-19-21-23-25-27-29-31-33-34-35-36-38-40-42-44-46-48-50-52-54-56-58-60-62-64-66-72(80)77-69(68-84-76-75(83)74(82)73(81)71(67-78)85-76)70(79)65-63-61-59-57-55-53-51-49-47-45-43-41-39-37-32-30-28-26-24-22-20-18-16-14-12-10-8-6-4-2/h15,17,21,23,27,29,47,49,55,57,63,65,69-71,73-76,78-79,81-83H,3-14,16,18-20,22,24-26,28,30-46,48,50-54,56,58-62,64,66-68H2,1-2H3,(H,77,80)/b17-15-,23-21-,29-27-,49-47+,57-55+,65-63+. The van der Waals surface area contributed by atoms with Crippen molar-refractivity contribution in [2.24, 2.45) is 0 Å². The summed E-state index contributed by atoms with van der Waals surface area (Å²) in [5.74, 6) is -0.187. The van der Waals surface area contributed by atoms with Crippen molar-refractivity contribution in [2.75, 3.05) is 13.2 Å². The van der Waals surface area contributed by atoms with Crippen LogP contribution in [0.25, 0.3) is 0 Å². The zero-order valence-electron chi connectivity index (χ0n) is 55.6. The summed E-state index contributed by atoms with van der Waals surface area (Å²) in [6, 6.07) is -0.832. The summed E-state index contributed by atoms with van der Waals surface area (Å²) in [5.41, 5.74) is 0. The number of rotatable bonds is 64. The Hall–Kier alpha value is -2.37. The number of hydrogen-bond acceptors (Lipinski definition) is 8. The molecule has 85 heavy (non-hydrogen) atoms. The number of hydrogen-bond donors (Lipinski definition) is 6. The zero-order valence-corrected chi connectivity index (χ0v) is 55.6. The highest BCUT2D eigenvalue weighted by atomic mass is 16.7. The molecular formula is C76H139NO8. The molecule has 0 bridgehead atoms. The predicted octanol–water partition coefficient (Wildman–Crippen LogP) is 20.3. The number of aliphatic hydroxyl groups is 5. The molecule has 0 radical (unpaired) electrons. The number of carbonyl (C=O) groups is 1. The Labute approximate surface area is 525 Å². The number of allylic oxidation sites excluding steroid dienone is 11. The molecule has 0 aromatic rings. The Bertz CT molecular complexity index is 1570. The molecule has 496 valence electrons. The molecule has 1 aliphatic heterocycles. The van der Waals surface area contributed by atoms with Crippen LogP contribution in [0.2, 0.25) is 0 Å². The van der Waals surface area contributed by atoms with Crippen molar-refractivity contribution in [1.29, 1.82) is 0 Å². The minimum Gasteiger partial charge on any atom is -0.394 e. The molecule has 0 spiro atoms. The Morgan fingerprint density at radius 1 is 0.400 bits per heavy atom. The molecule has 9 nitrogen and oxygen atoms in total. The maximum Gasteiger partial charge on any atom is 0.220 e. The van der Waals surface area contributed by atoms with Gasteiger partial charge in [-0.05, 0) is 83.5 Å². The normalized spacial score (nSPS) is 18.5. The Balaban J connectivity index is 2.14. The van der Waals surface area contributed by atoms with E-state index < -0.39 is 49.5 Å². The van der Waals surface area contributed by atoms with Gasteiger partial charge in [0.15, 0.2) is 6.29 Å². The van der Waals surface area contributed by atoms with E-state index in [4.69, 9.17) is 9.47 Å². The van der Waals surface area contributed by atoms with Gasteiger partial charge >= 0.3 is 0 Å². The van der Waals surface area contributed by atoms with Crippen LogP contribution in [0.1, 0.15) is 348 Å².